The molecule has 3 N–H and O–H groups in total. The molecule has 0 radical (unpaired) electrons. The molecule has 0 fully saturated rings. The van der Waals surface area contributed by atoms with Gasteiger partial charge in [-0.2, -0.15) is 0 Å². The highest BCUT2D eigenvalue weighted by Crippen LogP contribution is 2.21. The smallest absolute Gasteiger partial charge is 0.411 e. The zero-order valence-corrected chi connectivity index (χ0v) is 14.6. The van der Waals surface area contributed by atoms with Gasteiger partial charge in [0.05, 0.1) is 6.61 Å². The van der Waals surface area contributed by atoms with E-state index in [2.05, 4.69) is 16.0 Å². The van der Waals surface area contributed by atoms with Crippen LogP contribution in [0, 0.1) is 12.8 Å². The number of anilines is 3. The fourth-order valence-corrected chi connectivity index (χ4v) is 2.04. The van der Waals surface area contributed by atoms with Gasteiger partial charge in [-0.05, 0) is 42.7 Å². The van der Waals surface area contributed by atoms with E-state index in [1.54, 1.807) is 24.3 Å². The quantitative estimate of drug-likeness (QED) is 0.728. The summed E-state index contributed by atoms with van der Waals surface area (Å²) in [4.78, 5) is 23.9. The molecule has 2 rings (SSSR count). The number of carbonyl (C=O) groups excluding carboxylic acids is 2. The minimum Gasteiger partial charge on any atom is -0.449 e. The van der Waals surface area contributed by atoms with E-state index in [-0.39, 0.29) is 11.9 Å². The summed E-state index contributed by atoms with van der Waals surface area (Å²) in [5.74, 6) is 0.266. The Bertz CT molecular complexity index is 730. The van der Waals surface area contributed by atoms with Gasteiger partial charge in [0.25, 0.3) is 0 Å². The molecule has 0 spiro atoms. The number of urea groups is 1. The van der Waals surface area contributed by atoms with Crippen molar-refractivity contribution < 1.29 is 14.3 Å². The summed E-state index contributed by atoms with van der Waals surface area (Å²) in [5.41, 5.74) is 2.73. The van der Waals surface area contributed by atoms with Gasteiger partial charge >= 0.3 is 12.1 Å². The van der Waals surface area contributed by atoms with Crippen molar-refractivity contribution in [3.63, 3.8) is 0 Å². The van der Waals surface area contributed by atoms with Crippen molar-refractivity contribution in [2.45, 2.75) is 20.8 Å². The van der Waals surface area contributed by atoms with Crippen LogP contribution in [0.25, 0.3) is 0 Å². The maximum absolute atomic E-state index is 12.1. The van der Waals surface area contributed by atoms with Gasteiger partial charge in [-0.1, -0.05) is 38.1 Å². The van der Waals surface area contributed by atoms with Crippen molar-refractivity contribution >= 4 is 29.2 Å². The second kappa shape index (κ2) is 8.73. The van der Waals surface area contributed by atoms with Crippen LogP contribution >= 0.6 is 0 Å². The molecule has 132 valence electrons. The van der Waals surface area contributed by atoms with Crippen LogP contribution in [-0.2, 0) is 4.74 Å². The largest absolute Gasteiger partial charge is 0.449 e. The Morgan fingerprint density at radius 3 is 2.36 bits per heavy atom. The zero-order chi connectivity index (χ0) is 18.2. The minimum atomic E-state index is -0.516. The number of aryl methyl sites for hydroxylation is 1. The number of benzene rings is 2. The van der Waals surface area contributed by atoms with Crippen molar-refractivity contribution in [2.75, 3.05) is 22.6 Å². The summed E-state index contributed by atoms with van der Waals surface area (Å²) in [6.07, 6.45) is -0.516. The Kier molecular flexibility index (Phi) is 6.39. The first-order chi connectivity index (χ1) is 11.9. The lowest BCUT2D eigenvalue weighted by Gasteiger charge is -2.13. The fraction of sp³-hybridized carbons (Fsp3) is 0.263. The molecular formula is C19H23N3O3. The molecule has 2 aromatic carbocycles. The van der Waals surface area contributed by atoms with Crippen molar-refractivity contribution in [2.24, 2.45) is 5.92 Å². The average Bonchev–Trinajstić information content (AvgIpc) is 2.57. The predicted molar refractivity (Wildman–Crippen MR) is 100 cm³/mol. The third-order valence-corrected chi connectivity index (χ3v) is 3.31. The second-order valence-corrected chi connectivity index (χ2v) is 6.09. The Morgan fingerprint density at radius 1 is 0.960 bits per heavy atom. The van der Waals surface area contributed by atoms with E-state index >= 15 is 0 Å². The highest BCUT2D eigenvalue weighted by molar-refractivity contribution is 6.00. The van der Waals surface area contributed by atoms with Crippen LogP contribution in [0.15, 0.2) is 48.5 Å². The van der Waals surface area contributed by atoms with Gasteiger partial charge in [0.15, 0.2) is 0 Å². The van der Waals surface area contributed by atoms with Gasteiger partial charge < -0.3 is 15.4 Å². The maximum Gasteiger partial charge on any atom is 0.411 e. The van der Waals surface area contributed by atoms with E-state index in [9.17, 15) is 9.59 Å². The molecule has 0 bridgehead atoms. The van der Waals surface area contributed by atoms with E-state index in [0.29, 0.717) is 23.7 Å². The maximum atomic E-state index is 12.1. The molecule has 0 heterocycles. The molecule has 0 atom stereocenters. The minimum absolute atomic E-state index is 0.266. The van der Waals surface area contributed by atoms with E-state index in [0.717, 1.165) is 5.56 Å². The van der Waals surface area contributed by atoms with Gasteiger partial charge in [0, 0.05) is 17.1 Å². The third-order valence-electron chi connectivity index (χ3n) is 3.31. The molecule has 2 aromatic rings. The van der Waals surface area contributed by atoms with Crippen LogP contribution in [0.3, 0.4) is 0 Å². The number of para-hydroxylation sites is 1. The van der Waals surface area contributed by atoms with E-state index in [1.807, 2.05) is 45.0 Å². The van der Waals surface area contributed by atoms with Crippen LogP contribution in [-0.4, -0.2) is 18.7 Å². The SMILES string of the molecule is Cc1ccc(NC(=O)OCC(C)C)cc1NC(=O)Nc1ccccc1. The van der Waals surface area contributed by atoms with Crippen molar-refractivity contribution in [3.05, 3.63) is 54.1 Å². The lowest BCUT2D eigenvalue weighted by molar-refractivity contribution is 0.147. The normalized spacial score (nSPS) is 10.2. The summed E-state index contributed by atoms with van der Waals surface area (Å²) < 4.78 is 5.09. The summed E-state index contributed by atoms with van der Waals surface area (Å²) in [5, 5.41) is 8.18. The Hall–Kier alpha value is -3.02. The van der Waals surface area contributed by atoms with Crippen molar-refractivity contribution in [1.29, 1.82) is 0 Å². The highest BCUT2D eigenvalue weighted by Gasteiger charge is 2.09. The zero-order valence-electron chi connectivity index (χ0n) is 14.6. The first-order valence-electron chi connectivity index (χ1n) is 8.11. The number of nitrogens with one attached hydrogen (secondary N) is 3. The first-order valence-corrected chi connectivity index (χ1v) is 8.11. The highest BCUT2D eigenvalue weighted by atomic mass is 16.5. The number of hydrogen-bond acceptors (Lipinski definition) is 3. The van der Waals surface area contributed by atoms with Crippen LogP contribution in [0.1, 0.15) is 19.4 Å². The molecule has 0 aliphatic carbocycles. The van der Waals surface area contributed by atoms with Gasteiger partial charge in [0.1, 0.15) is 0 Å². The summed E-state index contributed by atoms with van der Waals surface area (Å²) in [7, 11) is 0. The van der Waals surface area contributed by atoms with E-state index in [1.165, 1.54) is 0 Å². The Morgan fingerprint density at radius 2 is 1.68 bits per heavy atom. The molecule has 6 nitrogen and oxygen atoms in total. The molecule has 0 aliphatic heterocycles. The monoisotopic (exact) mass is 341 g/mol. The van der Waals surface area contributed by atoms with Crippen LogP contribution in [0.2, 0.25) is 0 Å². The van der Waals surface area contributed by atoms with Gasteiger partial charge in [-0.15, -0.1) is 0 Å². The second-order valence-electron chi connectivity index (χ2n) is 6.09. The Labute approximate surface area is 147 Å². The molecule has 0 saturated heterocycles. The van der Waals surface area contributed by atoms with Gasteiger partial charge in [0.2, 0.25) is 0 Å². The van der Waals surface area contributed by atoms with E-state index < -0.39 is 6.09 Å². The van der Waals surface area contributed by atoms with Crippen molar-refractivity contribution in [3.8, 4) is 0 Å². The van der Waals surface area contributed by atoms with Gasteiger partial charge in [-0.25, -0.2) is 9.59 Å². The summed E-state index contributed by atoms with van der Waals surface area (Å²) in [6, 6.07) is 14.1. The number of hydrogen-bond donors (Lipinski definition) is 3. The molecule has 6 heteroatoms. The molecule has 25 heavy (non-hydrogen) atoms. The number of ether oxygens (including phenoxy) is 1. The molecule has 0 unspecified atom stereocenters. The van der Waals surface area contributed by atoms with Crippen molar-refractivity contribution in [1.82, 2.24) is 0 Å². The lowest BCUT2D eigenvalue weighted by atomic mass is 10.2. The number of amides is 3. The van der Waals surface area contributed by atoms with E-state index in [4.69, 9.17) is 4.74 Å². The van der Waals surface area contributed by atoms with Gasteiger partial charge in [-0.3, -0.25) is 5.32 Å². The summed E-state index contributed by atoms with van der Waals surface area (Å²) >= 11 is 0. The van der Waals surface area contributed by atoms with Crippen LogP contribution in [0.5, 0.6) is 0 Å². The molecular weight excluding hydrogens is 318 g/mol. The third kappa shape index (κ3) is 6.18. The number of rotatable bonds is 5. The number of carbonyl (C=O) groups is 2. The standard InChI is InChI=1S/C19H23N3O3/c1-13(2)12-25-19(24)21-16-10-9-14(3)17(11-16)22-18(23)20-15-7-5-4-6-8-15/h4-11,13H,12H2,1-3H3,(H,21,24)(H2,20,22,23). The molecule has 0 saturated carbocycles. The lowest BCUT2D eigenvalue weighted by Crippen LogP contribution is -2.20. The van der Waals surface area contributed by atoms with Crippen LogP contribution in [0.4, 0.5) is 26.7 Å². The first kappa shape index (κ1) is 18.3. The summed E-state index contributed by atoms with van der Waals surface area (Å²) in [6.45, 7) is 6.15. The fourth-order valence-electron chi connectivity index (χ4n) is 2.04. The molecule has 0 aliphatic rings. The molecule has 3 amide bonds. The molecule has 0 aromatic heterocycles. The Balaban J connectivity index is 1.98. The predicted octanol–water partition coefficient (Wildman–Crippen LogP) is 4.84. The topological polar surface area (TPSA) is 79.5 Å². The average molecular weight is 341 g/mol. The van der Waals surface area contributed by atoms with Crippen LogP contribution < -0.4 is 16.0 Å².